The summed E-state index contributed by atoms with van der Waals surface area (Å²) in [7, 11) is -3.81. The summed E-state index contributed by atoms with van der Waals surface area (Å²) in [5, 5.41) is 2.95. The van der Waals surface area contributed by atoms with Gasteiger partial charge in [-0.25, -0.2) is 13.2 Å². The molecule has 10 heteroatoms. The Morgan fingerprint density at radius 1 is 1.23 bits per heavy atom. The lowest BCUT2D eigenvalue weighted by Gasteiger charge is -2.32. The number of carbonyl (C=O) groups is 2. The largest absolute Gasteiger partial charge is 0.450 e. The second kappa shape index (κ2) is 11.6. The Balaban J connectivity index is 1.98. The summed E-state index contributed by atoms with van der Waals surface area (Å²) in [4.78, 5) is 26.4. The molecule has 1 atom stereocenters. The van der Waals surface area contributed by atoms with E-state index in [0.29, 0.717) is 44.7 Å². The van der Waals surface area contributed by atoms with Gasteiger partial charge in [-0.1, -0.05) is 17.7 Å². The van der Waals surface area contributed by atoms with Gasteiger partial charge in [0.05, 0.1) is 11.5 Å². The van der Waals surface area contributed by atoms with Crippen molar-refractivity contribution in [3.8, 4) is 0 Å². The van der Waals surface area contributed by atoms with Crippen molar-refractivity contribution in [3.63, 3.8) is 0 Å². The van der Waals surface area contributed by atoms with Gasteiger partial charge in [0.1, 0.15) is 6.04 Å². The van der Waals surface area contributed by atoms with Crippen LogP contribution < -0.4 is 10.0 Å². The molecule has 0 aliphatic carbocycles. The maximum absolute atomic E-state index is 12.8. The van der Waals surface area contributed by atoms with Gasteiger partial charge in [-0.3, -0.25) is 4.79 Å². The number of hydrogen-bond donors (Lipinski definition) is 2. The molecule has 0 bridgehead atoms. The number of aryl methyl sites for hydroxylation is 1. The minimum Gasteiger partial charge on any atom is -0.450 e. The molecule has 0 radical (unpaired) electrons. The van der Waals surface area contributed by atoms with Crippen molar-refractivity contribution in [2.75, 3.05) is 31.7 Å². The summed E-state index contributed by atoms with van der Waals surface area (Å²) in [6.45, 7) is 4.96. The molecule has 30 heavy (non-hydrogen) atoms. The number of amides is 2. The third-order valence-corrected chi connectivity index (χ3v) is 7.05. The number of nitrogens with one attached hydrogen (secondary N) is 2. The number of thioether (sulfide) groups is 1. The molecular weight excluding hydrogens is 426 g/mol. The molecular formula is C20H31N3O5S2. The van der Waals surface area contributed by atoms with Gasteiger partial charge in [-0.05, 0) is 57.3 Å². The Labute approximate surface area is 183 Å². The highest BCUT2D eigenvalue weighted by Crippen LogP contribution is 2.15. The summed E-state index contributed by atoms with van der Waals surface area (Å²) in [6.07, 6.45) is 3.16. The van der Waals surface area contributed by atoms with E-state index >= 15 is 0 Å². The van der Waals surface area contributed by atoms with E-state index in [-0.39, 0.29) is 22.9 Å². The molecule has 1 aromatic carbocycles. The predicted octanol–water partition coefficient (Wildman–Crippen LogP) is 2.13. The van der Waals surface area contributed by atoms with Crippen molar-refractivity contribution < 1.29 is 22.7 Å². The molecule has 1 aliphatic rings. The SMILES string of the molecule is CCOC(=O)N1CCC(NC(=O)C(CCSC)NS(=O)(=O)c2ccc(C)cc2)CC1. The zero-order valence-corrected chi connectivity index (χ0v) is 19.4. The molecule has 0 spiro atoms. The van der Waals surface area contributed by atoms with Crippen LogP contribution in [0.3, 0.4) is 0 Å². The lowest BCUT2D eigenvalue weighted by atomic mass is 10.0. The summed E-state index contributed by atoms with van der Waals surface area (Å²) >= 11 is 1.55. The number of likely N-dealkylation sites (tertiary alicyclic amines) is 1. The summed E-state index contributed by atoms with van der Waals surface area (Å²) in [5.41, 5.74) is 0.958. The standard InChI is InChI=1S/C20H31N3O5S2/c1-4-28-20(25)23-12-9-16(10-13-23)21-19(24)18(11-14-29-3)22-30(26,27)17-7-5-15(2)6-8-17/h5-8,16,18,22H,4,9-14H2,1-3H3,(H,21,24). The maximum Gasteiger partial charge on any atom is 0.409 e. The predicted molar refractivity (Wildman–Crippen MR) is 118 cm³/mol. The minimum atomic E-state index is -3.81. The van der Waals surface area contributed by atoms with Crippen LogP contribution in [-0.2, 0) is 19.6 Å². The van der Waals surface area contributed by atoms with Crippen LogP contribution in [0.25, 0.3) is 0 Å². The number of piperidine rings is 1. The van der Waals surface area contributed by atoms with Crippen LogP contribution in [0.1, 0.15) is 31.7 Å². The van der Waals surface area contributed by atoms with Crippen LogP contribution in [0.4, 0.5) is 4.79 Å². The van der Waals surface area contributed by atoms with E-state index in [1.54, 1.807) is 35.7 Å². The first kappa shape index (κ1) is 24.5. The van der Waals surface area contributed by atoms with Gasteiger partial charge in [0.25, 0.3) is 0 Å². The number of nitrogens with zero attached hydrogens (tertiary/aromatic N) is 1. The monoisotopic (exact) mass is 457 g/mol. The highest BCUT2D eigenvalue weighted by atomic mass is 32.2. The van der Waals surface area contributed by atoms with Gasteiger partial charge in [-0.15, -0.1) is 0 Å². The fraction of sp³-hybridized carbons (Fsp3) is 0.600. The molecule has 0 aromatic heterocycles. The van der Waals surface area contributed by atoms with Gasteiger partial charge in [0.2, 0.25) is 15.9 Å². The quantitative estimate of drug-likeness (QED) is 0.589. The molecule has 1 aromatic rings. The number of rotatable bonds is 9. The van der Waals surface area contributed by atoms with E-state index < -0.39 is 16.1 Å². The van der Waals surface area contributed by atoms with Crippen molar-refractivity contribution >= 4 is 33.8 Å². The van der Waals surface area contributed by atoms with E-state index in [1.807, 2.05) is 13.2 Å². The topological polar surface area (TPSA) is 105 Å². The van der Waals surface area contributed by atoms with Crippen molar-refractivity contribution in [2.24, 2.45) is 0 Å². The molecule has 8 nitrogen and oxygen atoms in total. The minimum absolute atomic E-state index is 0.108. The first-order valence-electron chi connectivity index (χ1n) is 10.1. The normalized spacial score (nSPS) is 16.2. The van der Waals surface area contributed by atoms with E-state index in [4.69, 9.17) is 4.74 Å². The Bertz CT molecular complexity index is 806. The number of hydrogen-bond acceptors (Lipinski definition) is 6. The molecule has 168 valence electrons. The van der Waals surface area contributed by atoms with E-state index in [0.717, 1.165) is 5.56 Å². The fourth-order valence-electron chi connectivity index (χ4n) is 3.17. The Morgan fingerprint density at radius 3 is 2.43 bits per heavy atom. The average Bonchev–Trinajstić information content (AvgIpc) is 2.72. The number of benzene rings is 1. The van der Waals surface area contributed by atoms with Crippen molar-refractivity contribution in [3.05, 3.63) is 29.8 Å². The van der Waals surface area contributed by atoms with Crippen LogP contribution in [0.5, 0.6) is 0 Å². The van der Waals surface area contributed by atoms with E-state index in [2.05, 4.69) is 10.0 Å². The summed E-state index contributed by atoms with van der Waals surface area (Å²) in [5.74, 6) is 0.310. The molecule has 1 unspecified atom stereocenters. The Morgan fingerprint density at radius 2 is 1.87 bits per heavy atom. The molecule has 1 saturated heterocycles. The van der Waals surface area contributed by atoms with Gasteiger partial charge in [-0.2, -0.15) is 16.5 Å². The molecule has 2 amide bonds. The van der Waals surface area contributed by atoms with Crippen LogP contribution in [0.15, 0.2) is 29.2 Å². The van der Waals surface area contributed by atoms with Gasteiger partial charge >= 0.3 is 6.09 Å². The third kappa shape index (κ3) is 7.17. The Kier molecular flexibility index (Phi) is 9.44. The van der Waals surface area contributed by atoms with Gasteiger partial charge < -0.3 is 15.0 Å². The fourth-order valence-corrected chi connectivity index (χ4v) is 4.88. The van der Waals surface area contributed by atoms with Crippen LogP contribution in [0.2, 0.25) is 0 Å². The van der Waals surface area contributed by atoms with Crippen molar-refractivity contribution in [2.45, 2.75) is 50.1 Å². The Hall–Kier alpha value is -1.78. The van der Waals surface area contributed by atoms with Gasteiger partial charge in [0.15, 0.2) is 0 Å². The first-order valence-corrected chi connectivity index (χ1v) is 12.9. The zero-order valence-electron chi connectivity index (χ0n) is 17.7. The molecule has 1 fully saturated rings. The molecule has 2 rings (SSSR count). The van der Waals surface area contributed by atoms with Crippen LogP contribution in [-0.4, -0.2) is 69.1 Å². The number of carbonyl (C=O) groups excluding carboxylic acids is 2. The summed E-state index contributed by atoms with van der Waals surface area (Å²) < 4.78 is 33.0. The second-order valence-corrected chi connectivity index (χ2v) is 9.94. The van der Waals surface area contributed by atoms with Crippen LogP contribution >= 0.6 is 11.8 Å². The molecule has 1 heterocycles. The van der Waals surface area contributed by atoms with E-state index in [9.17, 15) is 18.0 Å². The zero-order chi connectivity index (χ0) is 22.1. The van der Waals surface area contributed by atoms with Crippen molar-refractivity contribution in [1.29, 1.82) is 0 Å². The average molecular weight is 458 g/mol. The third-order valence-electron chi connectivity index (χ3n) is 4.92. The highest BCUT2D eigenvalue weighted by molar-refractivity contribution is 7.98. The lowest BCUT2D eigenvalue weighted by Crippen LogP contribution is -2.52. The smallest absolute Gasteiger partial charge is 0.409 e. The maximum atomic E-state index is 12.8. The summed E-state index contributed by atoms with van der Waals surface area (Å²) in [6, 6.07) is 5.56. The molecule has 0 saturated carbocycles. The van der Waals surface area contributed by atoms with Gasteiger partial charge in [0, 0.05) is 19.1 Å². The highest BCUT2D eigenvalue weighted by Gasteiger charge is 2.29. The lowest BCUT2D eigenvalue weighted by molar-refractivity contribution is -0.123. The molecule has 2 N–H and O–H groups in total. The van der Waals surface area contributed by atoms with Crippen LogP contribution in [0, 0.1) is 6.92 Å². The first-order chi connectivity index (χ1) is 14.3. The molecule has 1 aliphatic heterocycles. The second-order valence-electron chi connectivity index (χ2n) is 7.24. The van der Waals surface area contributed by atoms with Crippen molar-refractivity contribution in [1.82, 2.24) is 14.9 Å². The van der Waals surface area contributed by atoms with E-state index in [1.165, 1.54) is 12.1 Å². The number of sulfonamides is 1. The number of ether oxygens (including phenoxy) is 1.